The van der Waals surface area contributed by atoms with Gasteiger partial charge in [0.2, 0.25) is 5.82 Å². The van der Waals surface area contributed by atoms with Crippen LogP contribution in [0.4, 0.5) is 0 Å². The smallest absolute Gasteiger partial charge is 0.381 e. The molecule has 1 rings (SSSR count). The second kappa shape index (κ2) is 16.5. The molecule has 0 fully saturated rings. The molecule has 0 radical (unpaired) electrons. The summed E-state index contributed by atoms with van der Waals surface area (Å²) in [5.41, 5.74) is 0. The summed E-state index contributed by atoms with van der Waals surface area (Å²) in [5.74, 6) is -1.10. The molecule has 0 saturated heterocycles. The second-order valence-corrected chi connectivity index (χ2v) is 7.40. The average Bonchev–Trinajstić information content (AvgIpc) is 3.20. The zero-order chi connectivity index (χ0) is 19.6. The van der Waals surface area contributed by atoms with Crippen LogP contribution in [0.1, 0.15) is 120 Å². The van der Waals surface area contributed by atoms with Crippen LogP contribution in [0, 0.1) is 0 Å². The fourth-order valence-electron chi connectivity index (χ4n) is 3.22. The van der Waals surface area contributed by atoms with E-state index in [-0.39, 0.29) is 5.82 Å². The quantitative estimate of drug-likeness (QED) is 0.195. The predicted molar refractivity (Wildman–Crippen MR) is 109 cm³/mol. The maximum atomic E-state index is 11.6. The number of hydrogen-bond donors (Lipinski definition) is 1. The normalized spacial score (nSPS) is 10.9. The first kappa shape index (κ1) is 23.4. The van der Waals surface area contributed by atoms with E-state index in [1.165, 1.54) is 89.4 Å². The van der Waals surface area contributed by atoms with Crippen LogP contribution in [0.15, 0.2) is 12.4 Å². The molecular formula is C22H38N2O3. The molecule has 5 nitrogen and oxygen atoms in total. The number of nitrogens with one attached hydrogen (secondary N) is 1. The molecule has 0 aliphatic heterocycles. The first-order valence-corrected chi connectivity index (χ1v) is 11.0. The molecule has 0 aromatic carbocycles. The van der Waals surface area contributed by atoms with Gasteiger partial charge in [-0.2, -0.15) is 0 Å². The molecule has 0 aliphatic rings. The van der Waals surface area contributed by atoms with Crippen molar-refractivity contribution in [3.63, 3.8) is 0 Å². The second-order valence-electron chi connectivity index (χ2n) is 7.40. The van der Waals surface area contributed by atoms with Crippen LogP contribution in [-0.2, 0) is 9.53 Å². The van der Waals surface area contributed by atoms with Crippen molar-refractivity contribution in [2.45, 2.75) is 110 Å². The lowest BCUT2D eigenvalue weighted by atomic mass is 10.0. The topological polar surface area (TPSA) is 72.1 Å². The Balaban J connectivity index is 1.80. The molecule has 0 unspecified atom stereocenters. The number of aromatic nitrogens is 2. The Morgan fingerprint density at radius 2 is 1.30 bits per heavy atom. The fourth-order valence-corrected chi connectivity index (χ4v) is 3.22. The third-order valence-electron chi connectivity index (χ3n) is 4.88. The Morgan fingerprint density at radius 3 is 1.74 bits per heavy atom. The number of rotatable bonds is 17. The number of nitrogens with zero attached hydrogens (tertiary/aromatic N) is 1. The summed E-state index contributed by atoms with van der Waals surface area (Å²) in [4.78, 5) is 29.5. The van der Waals surface area contributed by atoms with E-state index in [9.17, 15) is 9.59 Å². The summed E-state index contributed by atoms with van der Waals surface area (Å²) >= 11 is 0. The Hall–Kier alpha value is -1.65. The van der Waals surface area contributed by atoms with E-state index in [2.05, 4.69) is 16.9 Å². The molecule has 27 heavy (non-hydrogen) atoms. The maximum absolute atomic E-state index is 11.6. The number of esters is 2. The zero-order valence-corrected chi connectivity index (χ0v) is 17.1. The van der Waals surface area contributed by atoms with Crippen LogP contribution < -0.4 is 0 Å². The van der Waals surface area contributed by atoms with Gasteiger partial charge in [0.05, 0.1) is 0 Å². The summed E-state index contributed by atoms with van der Waals surface area (Å²) in [6.07, 6.45) is 22.6. The van der Waals surface area contributed by atoms with Gasteiger partial charge in [-0.3, -0.25) is 4.79 Å². The summed E-state index contributed by atoms with van der Waals surface area (Å²) in [5, 5.41) is 0. The molecule has 0 saturated carbocycles. The van der Waals surface area contributed by atoms with Gasteiger partial charge >= 0.3 is 11.9 Å². The number of hydrogen-bond acceptors (Lipinski definition) is 4. The Bertz CT molecular complexity index is 486. The average molecular weight is 379 g/mol. The summed E-state index contributed by atoms with van der Waals surface area (Å²) in [7, 11) is 0. The van der Waals surface area contributed by atoms with Gasteiger partial charge < -0.3 is 9.72 Å². The third-order valence-corrected chi connectivity index (χ3v) is 4.88. The molecule has 0 aliphatic carbocycles. The monoisotopic (exact) mass is 378 g/mol. The van der Waals surface area contributed by atoms with Crippen LogP contribution in [0.2, 0.25) is 0 Å². The van der Waals surface area contributed by atoms with Crippen molar-refractivity contribution in [1.29, 1.82) is 0 Å². The number of carbonyl (C=O) groups excluding carboxylic acids is 2. The number of H-pyrrole nitrogens is 1. The van der Waals surface area contributed by atoms with Crippen LogP contribution in [-0.4, -0.2) is 21.9 Å². The Labute approximate surface area is 164 Å². The number of unbranched alkanes of at least 4 members (excludes halogenated alkanes) is 14. The van der Waals surface area contributed by atoms with Crippen molar-refractivity contribution in [3.05, 3.63) is 18.2 Å². The first-order chi connectivity index (χ1) is 13.2. The number of carbonyl (C=O) groups is 2. The highest BCUT2D eigenvalue weighted by molar-refractivity contribution is 5.93. The first-order valence-electron chi connectivity index (χ1n) is 11.0. The number of ether oxygens (including phenoxy) is 1. The maximum Gasteiger partial charge on any atom is 0.381 e. The highest BCUT2D eigenvalue weighted by Gasteiger charge is 2.14. The molecule has 154 valence electrons. The van der Waals surface area contributed by atoms with Crippen molar-refractivity contribution in [2.24, 2.45) is 0 Å². The predicted octanol–water partition coefficient (Wildman–Crippen LogP) is 6.35. The molecule has 1 aromatic rings. The fraction of sp³-hybridized carbons (Fsp3) is 0.773. The molecule has 1 aromatic heterocycles. The SMILES string of the molecule is CCCCCCCCCCCCCCCCCC(=O)OC(=O)c1ncc[nH]1. The lowest BCUT2D eigenvalue weighted by Crippen LogP contribution is -2.13. The van der Waals surface area contributed by atoms with E-state index in [1.807, 2.05) is 0 Å². The molecule has 0 amide bonds. The minimum atomic E-state index is -0.703. The largest absolute Gasteiger partial charge is 0.387 e. The highest BCUT2D eigenvalue weighted by Crippen LogP contribution is 2.13. The third kappa shape index (κ3) is 13.2. The lowest BCUT2D eigenvalue weighted by Gasteiger charge is -2.03. The van der Waals surface area contributed by atoms with Crippen molar-refractivity contribution in [3.8, 4) is 0 Å². The van der Waals surface area contributed by atoms with Crippen molar-refractivity contribution < 1.29 is 14.3 Å². The van der Waals surface area contributed by atoms with E-state index >= 15 is 0 Å². The molecule has 5 heteroatoms. The van der Waals surface area contributed by atoms with E-state index in [0.717, 1.165) is 19.3 Å². The van der Waals surface area contributed by atoms with Crippen molar-refractivity contribution in [1.82, 2.24) is 9.97 Å². The van der Waals surface area contributed by atoms with Crippen molar-refractivity contribution in [2.75, 3.05) is 0 Å². The minimum Gasteiger partial charge on any atom is -0.387 e. The van der Waals surface area contributed by atoms with Gasteiger partial charge in [0.25, 0.3) is 0 Å². The molecule has 0 bridgehead atoms. The van der Waals surface area contributed by atoms with Gasteiger partial charge in [0, 0.05) is 18.8 Å². The van der Waals surface area contributed by atoms with Gasteiger partial charge in [-0.1, -0.05) is 96.8 Å². The summed E-state index contributed by atoms with van der Waals surface area (Å²) in [6.45, 7) is 2.26. The van der Waals surface area contributed by atoms with Gasteiger partial charge in [-0.15, -0.1) is 0 Å². The van der Waals surface area contributed by atoms with Crippen molar-refractivity contribution >= 4 is 11.9 Å². The Morgan fingerprint density at radius 1 is 0.815 bits per heavy atom. The van der Waals surface area contributed by atoms with Gasteiger partial charge in [0.15, 0.2) is 0 Å². The number of aromatic amines is 1. The van der Waals surface area contributed by atoms with Crippen LogP contribution in [0.25, 0.3) is 0 Å². The van der Waals surface area contributed by atoms with Crippen LogP contribution in [0.5, 0.6) is 0 Å². The standard InChI is InChI=1S/C22H38N2O3/c1-2-3-4-5-6-7-8-9-10-11-12-13-14-15-16-17-20(25)27-22(26)21-23-18-19-24-21/h18-19H,2-17H2,1H3,(H,23,24). The molecule has 1 heterocycles. The van der Waals surface area contributed by atoms with Crippen LogP contribution >= 0.6 is 0 Å². The van der Waals surface area contributed by atoms with Gasteiger partial charge in [0.1, 0.15) is 0 Å². The Kier molecular flexibility index (Phi) is 14.3. The van der Waals surface area contributed by atoms with Gasteiger partial charge in [-0.05, 0) is 6.42 Å². The molecular weight excluding hydrogens is 340 g/mol. The lowest BCUT2D eigenvalue weighted by molar-refractivity contribution is -0.138. The summed E-state index contributed by atoms with van der Waals surface area (Å²) < 4.78 is 4.74. The number of imidazole rings is 1. The minimum absolute atomic E-state index is 0.0693. The van der Waals surface area contributed by atoms with E-state index in [1.54, 1.807) is 0 Å². The highest BCUT2D eigenvalue weighted by atomic mass is 16.6. The summed E-state index contributed by atoms with van der Waals surface area (Å²) in [6, 6.07) is 0. The van der Waals surface area contributed by atoms with E-state index in [4.69, 9.17) is 4.74 Å². The molecule has 0 spiro atoms. The zero-order valence-electron chi connectivity index (χ0n) is 17.1. The molecule has 0 atom stereocenters. The van der Waals surface area contributed by atoms with E-state index in [0.29, 0.717) is 6.42 Å². The molecule has 1 N–H and O–H groups in total. The van der Waals surface area contributed by atoms with Crippen LogP contribution in [0.3, 0.4) is 0 Å². The van der Waals surface area contributed by atoms with E-state index < -0.39 is 11.9 Å². The van der Waals surface area contributed by atoms with Gasteiger partial charge in [-0.25, -0.2) is 9.78 Å².